The topological polar surface area (TPSA) is 26.3 Å². The highest BCUT2D eigenvalue weighted by Gasteiger charge is 2.49. The van der Waals surface area contributed by atoms with Gasteiger partial charge in [0, 0.05) is 11.5 Å². The van der Waals surface area contributed by atoms with Crippen LogP contribution in [-0.4, -0.2) is 5.97 Å². The number of rotatable bonds is 2. The van der Waals surface area contributed by atoms with E-state index in [-0.39, 0.29) is 5.97 Å². The summed E-state index contributed by atoms with van der Waals surface area (Å²) in [6, 6.07) is 0. The molecule has 1 saturated carbocycles. The third kappa shape index (κ3) is 1.29. The highest BCUT2D eigenvalue weighted by molar-refractivity contribution is 5.87. The second-order valence-electron chi connectivity index (χ2n) is 5.15. The van der Waals surface area contributed by atoms with Crippen LogP contribution in [0.2, 0.25) is 0 Å². The van der Waals surface area contributed by atoms with Crippen LogP contribution in [0.3, 0.4) is 0 Å². The van der Waals surface area contributed by atoms with E-state index in [1.54, 1.807) is 6.92 Å². The number of esters is 1. The van der Waals surface area contributed by atoms with Gasteiger partial charge in [-0.3, -0.25) is 0 Å². The number of hydrogen-bond acceptors (Lipinski definition) is 2. The molecule has 2 heteroatoms. The van der Waals surface area contributed by atoms with Crippen molar-refractivity contribution in [2.45, 2.75) is 19.8 Å². The molecule has 0 radical (unpaired) electrons. The Bertz CT molecular complexity index is 416. The smallest absolute Gasteiger partial charge is 0.338 e. The molecule has 0 amide bonds. The normalized spacial score (nSPS) is 38.4. The fourth-order valence-corrected chi connectivity index (χ4v) is 3.36. The molecule has 3 rings (SSSR count). The lowest BCUT2D eigenvalue weighted by atomic mass is 9.85. The van der Waals surface area contributed by atoms with Crippen molar-refractivity contribution in [2.75, 3.05) is 0 Å². The predicted molar refractivity (Wildman–Crippen MR) is 61.3 cm³/mol. The fraction of sp³-hybridized carbons (Fsp3) is 0.500. The molecule has 16 heavy (non-hydrogen) atoms. The Morgan fingerprint density at radius 2 is 2.38 bits per heavy atom. The van der Waals surface area contributed by atoms with Crippen LogP contribution in [0.4, 0.5) is 0 Å². The molecule has 0 aromatic rings. The van der Waals surface area contributed by atoms with E-state index >= 15 is 0 Å². The minimum absolute atomic E-state index is 0.277. The van der Waals surface area contributed by atoms with E-state index in [0.717, 1.165) is 12.2 Å². The van der Waals surface area contributed by atoms with Crippen molar-refractivity contribution in [2.24, 2.45) is 23.7 Å². The molecule has 3 aliphatic rings. The molecule has 3 aliphatic carbocycles. The van der Waals surface area contributed by atoms with Gasteiger partial charge in [-0.25, -0.2) is 4.79 Å². The van der Waals surface area contributed by atoms with Gasteiger partial charge in [0.05, 0.1) is 0 Å². The second-order valence-corrected chi connectivity index (χ2v) is 5.15. The monoisotopic (exact) mass is 216 g/mol. The van der Waals surface area contributed by atoms with Crippen molar-refractivity contribution in [3.8, 4) is 0 Å². The minimum atomic E-state index is -0.277. The van der Waals surface area contributed by atoms with Gasteiger partial charge >= 0.3 is 5.97 Å². The van der Waals surface area contributed by atoms with Crippen molar-refractivity contribution in [1.29, 1.82) is 0 Å². The molecule has 0 saturated heterocycles. The highest BCUT2D eigenvalue weighted by Crippen LogP contribution is 2.55. The largest absolute Gasteiger partial charge is 0.428 e. The second kappa shape index (κ2) is 3.34. The fourth-order valence-electron chi connectivity index (χ4n) is 3.36. The van der Waals surface area contributed by atoms with Crippen molar-refractivity contribution in [1.82, 2.24) is 0 Å². The third-order valence-corrected chi connectivity index (χ3v) is 4.10. The first-order valence-corrected chi connectivity index (χ1v) is 5.93. The Kier molecular flexibility index (Phi) is 2.06. The van der Waals surface area contributed by atoms with E-state index in [1.807, 2.05) is 0 Å². The van der Waals surface area contributed by atoms with Crippen molar-refractivity contribution in [3.05, 3.63) is 36.1 Å². The summed E-state index contributed by atoms with van der Waals surface area (Å²) in [5.41, 5.74) is 0.477. The molecule has 84 valence electrons. The van der Waals surface area contributed by atoms with Crippen LogP contribution < -0.4 is 0 Å². The molecule has 1 fully saturated rings. The molecular formula is C14H16O2. The Morgan fingerprint density at radius 1 is 1.56 bits per heavy atom. The van der Waals surface area contributed by atoms with E-state index in [2.05, 4.69) is 24.8 Å². The summed E-state index contributed by atoms with van der Waals surface area (Å²) in [4.78, 5) is 11.5. The van der Waals surface area contributed by atoms with Crippen LogP contribution in [0.15, 0.2) is 36.1 Å². The first kappa shape index (κ1) is 9.88. The van der Waals surface area contributed by atoms with Crippen LogP contribution in [0.5, 0.6) is 0 Å². The van der Waals surface area contributed by atoms with Gasteiger partial charge in [-0.05, 0) is 43.6 Å². The van der Waals surface area contributed by atoms with Crippen LogP contribution in [0.1, 0.15) is 19.8 Å². The Labute approximate surface area is 95.7 Å². The van der Waals surface area contributed by atoms with Gasteiger partial charge in [0.15, 0.2) is 0 Å². The van der Waals surface area contributed by atoms with Gasteiger partial charge in [-0.1, -0.05) is 18.7 Å². The minimum Gasteiger partial charge on any atom is -0.428 e. The number of carbonyl (C=O) groups excluding carboxylic acids is 1. The SMILES string of the molecule is C=C(C)C(=O)OC1=CC2CC1C1CC=CC21. The molecule has 2 nitrogen and oxygen atoms in total. The maximum Gasteiger partial charge on any atom is 0.338 e. The quantitative estimate of drug-likeness (QED) is 0.403. The first-order chi connectivity index (χ1) is 7.66. The summed E-state index contributed by atoms with van der Waals surface area (Å²) < 4.78 is 5.41. The van der Waals surface area contributed by atoms with E-state index in [4.69, 9.17) is 4.74 Å². The highest BCUT2D eigenvalue weighted by atomic mass is 16.5. The molecule has 0 N–H and O–H groups in total. The summed E-state index contributed by atoms with van der Waals surface area (Å²) in [5, 5.41) is 0. The van der Waals surface area contributed by atoms with Gasteiger partial charge in [-0.2, -0.15) is 0 Å². The van der Waals surface area contributed by atoms with Crippen LogP contribution in [0.25, 0.3) is 0 Å². The van der Waals surface area contributed by atoms with E-state index in [0.29, 0.717) is 29.2 Å². The zero-order chi connectivity index (χ0) is 11.3. The van der Waals surface area contributed by atoms with Crippen molar-refractivity contribution in [3.63, 3.8) is 0 Å². The molecule has 0 aliphatic heterocycles. The zero-order valence-electron chi connectivity index (χ0n) is 9.48. The average Bonchev–Trinajstić information content (AvgIpc) is 2.87. The molecule has 0 aromatic carbocycles. The molecule has 4 atom stereocenters. The maximum absolute atomic E-state index is 11.5. The Balaban J connectivity index is 1.76. The van der Waals surface area contributed by atoms with Gasteiger partial charge in [-0.15, -0.1) is 0 Å². The lowest BCUT2D eigenvalue weighted by Crippen LogP contribution is -2.20. The lowest BCUT2D eigenvalue weighted by Gasteiger charge is -2.24. The number of hydrogen-bond donors (Lipinski definition) is 0. The summed E-state index contributed by atoms with van der Waals surface area (Å²) in [7, 11) is 0. The Hall–Kier alpha value is -1.31. The van der Waals surface area contributed by atoms with Crippen LogP contribution >= 0.6 is 0 Å². The lowest BCUT2D eigenvalue weighted by molar-refractivity contribution is -0.135. The first-order valence-electron chi connectivity index (χ1n) is 5.93. The number of carbonyl (C=O) groups is 1. The van der Waals surface area contributed by atoms with E-state index < -0.39 is 0 Å². The zero-order valence-corrected chi connectivity index (χ0v) is 9.48. The van der Waals surface area contributed by atoms with Crippen LogP contribution in [0, 0.1) is 23.7 Å². The third-order valence-electron chi connectivity index (χ3n) is 4.10. The Morgan fingerprint density at radius 3 is 3.12 bits per heavy atom. The molecule has 2 bridgehead atoms. The summed E-state index contributed by atoms with van der Waals surface area (Å²) in [6.45, 7) is 5.30. The number of fused-ring (bicyclic) bond motifs is 5. The van der Waals surface area contributed by atoms with E-state index in [9.17, 15) is 4.79 Å². The maximum atomic E-state index is 11.5. The molecule has 0 aromatic heterocycles. The van der Waals surface area contributed by atoms with Crippen molar-refractivity contribution >= 4 is 5.97 Å². The average molecular weight is 216 g/mol. The summed E-state index contributed by atoms with van der Waals surface area (Å²) in [5.74, 6) is 3.08. The van der Waals surface area contributed by atoms with Gasteiger partial charge in [0.25, 0.3) is 0 Å². The number of ether oxygens (including phenoxy) is 1. The van der Waals surface area contributed by atoms with Crippen molar-refractivity contribution < 1.29 is 9.53 Å². The van der Waals surface area contributed by atoms with E-state index in [1.165, 1.54) is 6.42 Å². The standard InChI is InChI=1S/C14H16O2/c1-8(2)14(15)16-13-7-9-6-12(13)11-5-3-4-10(9)11/h3-4,7,9-12H,1,5-6H2,2H3. The number of allylic oxidation sites excluding steroid dienone is 4. The molecule has 0 heterocycles. The van der Waals surface area contributed by atoms with Crippen LogP contribution in [-0.2, 0) is 9.53 Å². The summed E-state index contributed by atoms with van der Waals surface area (Å²) in [6.07, 6.45) is 9.07. The molecule has 0 spiro atoms. The van der Waals surface area contributed by atoms with Gasteiger partial charge in [0.2, 0.25) is 0 Å². The molecule has 4 unspecified atom stereocenters. The predicted octanol–water partition coefficient (Wildman–Crippen LogP) is 2.83. The summed E-state index contributed by atoms with van der Waals surface area (Å²) >= 11 is 0. The molecular weight excluding hydrogens is 200 g/mol. The van der Waals surface area contributed by atoms with Gasteiger partial charge < -0.3 is 4.74 Å². The van der Waals surface area contributed by atoms with Gasteiger partial charge in [0.1, 0.15) is 5.76 Å².